The van der Waals surface area contributed by atoms with Gasteiger partial charge in [0.1, 0.15) is 5.70 Å². The summed E-state index contributed by atoms with van der Waals surface area (Å²) in [6.07, 6.45) is -3.21. The van der Waals surface area contributed by atoms with E-state index in [4.69, 9.17) is 0 Å². The summed E-state index contributed by atoms with van der Waals surface area (Å²) in [7, 11) is 0. The Bertz CT molecular complexity index is 1340. The Morgan fingerprint density at radius 3 is 2.42 bits per heavy atom. The molecular weight excluding hydrogens is 491 g/mol. The van der Waals surface area contributed by atoms with Gasteiger partial charge in [-0.05, 0) is 48.4 Å². The molecule has 0 aliphatic carbocycles. The van der Waals surface area contributed by atoms with Crippen LogP contribution >= 0.6 is 11.8 Å². The molecule has 0 bridgehead atoms. The molecule has 3 aromatic carbocycles. The van der Waals surface area contributed by atoms with E-state index < -0.39 is 18.0 Å². The number of aryl methyl sites for hydroxylation is 1. The van der Waals surface area contributed by atoms with Gasteiger partial charge in [0.05, 0.1) is 17.1 Å². The second kappa shape index (κ2) is 10.7. The van der Waals surface area contributed by atoms with E-state index in [-0.39, 0.29) is 28.2 Å². The van der Waals surface area contributed by atoms with E-state index in [1.165, 1.54) is 23.1 Å². The van der Waals surface area contributed by atoms with Gasteiger partial charge in [0.2, 0.25) is 5.91 Å². The molecule has 0 saturated heterocycles. The van der Waals surface area contributed by atoms with Gasteiger partial charge < -0.3 is 10.1 Å². The minimum atomic E-state index is -4.90. The maximum Gasteiger partial charge on any atom is 0.573 e. The molecule has 1 aliphatic rings. The van der Waals surface area contributed by atoms with E-state index in [9.17, 15) is 22.8 Å². The van der Waals surface area contributed by atoms with Crippen LogP contribution in [0.3, 0.4) is 0 Å². The second-order valence-corrected chi connectivity index (χ2v) is 8.58. The standard InChI is InChI=1S/C26H20F3N3O3S/c1-17-9-5-6-10-18(17)15-21-24(34)32(19-11-3-2-4-12-19)25(31-21)36-16-23(33)30-20-13-7-8-14-22(20)35-26(27,28)29/h2-15H,16H2,1H3,(H,30,33)/b21-15+. The fraction of sp³-hybridized carbons (Fsp3) is 0.115. The number of nitrogens with zero attached hydrogens (tertiary/aromatic N) is 2. The summed E-state index contributed by atoms with van der Waals surface area (Å²) in [5, 5.41) is 2.70. The van der Waals surface area contributed by atoms with Gasteiger partial charge in [0, 0.05) is 0 Å². The highest BCUT2D eigenvalue weighted by Gasteiger charge is 2.33. The zero-order chi connectivity index (χ0) is 25.7. The van der Waals surface area contributed by atoms with Crippen LogP contribution in [0.15, 0.2) is 89.6 Å². The van der Waals surface area contributed by atoms with Gasteiger partial charge in [-0.1, -0.05) is 66.4 Å². The number of rotatable bonds is 6. The Labute approximate surface area is 209 Å². The summed E-state index contributed by atoms with van der Waals surface area (Å²) < 4.78 is 42.0. The Balaban J connectivity index is 1.54. The zero-order valence-electron chi connectivity index (χ0n) is 19.0. The molecule has 184 valence electrons. The number of hydrogen-bond acceptors (Lipinski definition) is 5. The summed E-state index contributed by atoms with van der Waals surface area (Å²) in [6, 6.07) is 21.7. The number of carbonyl (C=O) groups is 2. The molecule has 4 rings (SSSR count). The van der Waals surface area contributed by atoms with Crippen LogP contribution in [0.4, 0.5) is 24.5 Å². The molecule has 0 atom stereocenters. The van der Waals surface area contributed by atoms with Crippen LogP contribution in [-0.4, -0.2) is 29.1 Å². The molecule has 0 spiro atoms. The number of carbonyl (C=O) groups excluding carboxylic acids is 2. The van der Waals surface area contributed by atoms with Crippen molar-refractivity contribution in [1.29, 1.82) is 0 Å². The number of thioether (sulfide) groups is 1. The summed E-state index contributed by atoms with van der Waals surface area (Å²) in [5.41, 5.74) is 2.47. The number of ether oxygens (including phenoxy) is 1. The topological polar surface area (TPSA) is 71.0 Å². The smallest absolute Gasteiger partial charge is 0.404 e. The number of para-hydroxylation sites is 3. The number of halogens is 3. The average Bonchev–Trinajstić information content (AvgIpc) is 3.15. The largest absolute Gasteiger partial charge is 0.573 e. The lowest BCUT2D eigenvalue weighted by atomic mass is 10.1. The number of aliphatic imine (C=N–C) groups is 1. The van der Waals surface area contributed by atoms with E-state index in [0.717, 1.165) is 29.0 Å². The third kappa shape index (κ3) is 6.14. The van der Waals surface area contributed by atoms with Crippen molar-refractivity contribution in [1.82, 2.24) is 0 Å². The van der Waals surface area contributed by atoms with E-state index in [1.54, 1.807) is 30.3 Å². The van der Waals surface area contributed by atoms with Crippen molar-refractivity contribution >= 4 is 46.2 Å². The summed E-state index contributed by atoms with van der Waals surface area (Å²) >= 11 is 0.995. The lowest BCUT2D eigenvalue weighted by molar-refractivity contribution is -0.274. The van der Waals surface area contributed by atoms with E-state index in [1.807, 2.05) is 37.3 Å². The molecule has 0 saturated carbocycles. The molecule has 1 N–H and O–H groups in total. The van der Waals surface area contributed by atoms with Gasteiger partial charge in [0.15, 0.2) is 10.9 Å². The minimum absolute atomic E-state index is 0.120. The van der Waals surface area contributed by atoms with Crippen molar-refractivity contribution in [2.75, 3.05) is 16.0 Å². The Morgan fingerprint density at radius 2 is 1.69 bits per heavy atom. The van der Waals surface area contributed by atoms with Crippen molar-refractivity contribution in [3.63, 3.8) is 0 Å². The predicted octanol–water partition coefficient (Wildman–Crippen LogP) is 6.01. The highest BCUT2D eigenvalue weighted by Crippen LogP contribution is 2.32. The molecule has 10 heteroatoms. The predicted molar refractivity (Wildman–Crippen MR) is 135 cm³/mol. The number of amidine groups is 1. The molecule has 36 heavy (non-hydrogen) atoms. The van der Waals surface area contributed by atoms with E-state index >= 15 is 0 Å². The zero-order valence-corrected chi connectivity index (χ0v) is 19.8. The fourth-order valence-corrected chi connectivity index (χ4v) is 4.21. The number of hydrogen-bond donors (Lipinski definition) is 1. The summed E-state index contributed by atoms with van der Waals surface area (Å²) in [4.78, 5) is 31.7. The molecular formula is C26H20F3N3O3S. The number of alkyl halides is 3. The first kappa shape index (κ1) is 25.1. The average molecular weight is 512 g/mol. The van der Waals surface area contributed by atoms with E-state index in [0.29, 0.717) is 5.69 Å². The van der Waals surface area contributed by atoms with Gasteiger partial charge in [0.25, 0.3) is 5.91 Å². The number of anilines is 2. The van der Waals surface area contributed by atoms with Crippen LogP contribution < -0.4 is 15.0 Å². The quantitative estimate of drug-likeness (QED) is 0.412. The molecule has 1 aliphatic heterocycles. The monoisotopic (exact) mass is 511 g/mol. The van der Waals surface area contributed by atoms with Gasteiger partial charge >= 0.3 is 6.36 Å². The summed E-state index contributed by atoms with van der Waals surface area (Å²) in [6.45, 7) is 1.92. The molecule has 1 heterocycles. The maximum absolute atomic E-state index is 13.3. The second-order valence-electron chi connectivity index (χ2n) is 7.64. The lowest BCUT2D eigenvalue weighted by Gasteiger charge is -2.18. The van der Waals surface area contributed by atoms with E-state index in [2.05, 4.69) is 15.0 Å². The van der Waals surface area contributed by atoms with Crippen LogP contribution in [0.25, 0.3) is 6.08 Å². The number of amides is 2. The van der Waals surface area contributed by atoms with Crippen molar-refractivity contribution in [3.05, 3.63) is 95.7 Å². The SMILES string of the molecule is Cc1ccccc1/C=C1/N=C(SCC(=O)Nc2ccccc2OC(F)(F)F)N(c2ccccc2)C1=O. The fourth-order valence-electron chi connectivity index (χ4n) is 3.39. The van der Waals surface area contributed by atoms with Crippen molar-refractivity contribution in [2.45, 2.75) is 13.3 Å². The molecule has 0 fully saturated rings. The van der Waals surface area contributed by atoms with Crippen LogP contribution in [0, 0.1) is 6.92 Å². The van der Waals surface area contributed by atoms with Crippen molar-refractivity contribution in [3.8, 4) is 5.75 Å². The third-order valence-electron chi connectivity index (χ3n) is 5.04. The lowest BCUT2D eigenvalue weighted by Crippen LogP contribution is -2.31. The third-order valence-corrected chi connectivity index (χ3v) is 5.98. The minimum Gasteiger partial charge on any atom is -0.404 e. The Hall–Kier alpha value is -4.05. The number of benzene rings is 3. The van der Waals surface area contributed by atoms with Crippen molar-refractivity contribution < 1.29 is 27.5 Å². The molecule has 0 unspecified atom stereocenters. The first-order valence-electron chi connectivity index (χ1n) is 10.7. The Morgan fingerprint density at radius 1 is 1.03 bits per heavy atom. The molecule has 2 amide bonds. The molecule has 6 nitrogen and oxygen atoms in total. The Kier molecular flexibility index (Phi) is 7.44. The highest BCUT2D eigenvalue weighted by molar-refractivity contribution is 8.14. The number of nitrogens with one attached hydrogen (secondary N) is 1. The van der Waals surface area contributed by atoms with Crippen LogP contribution in [0.5, 0.6) is 5.75 Å². The van der Waals surface area contributed by atoms with Gasteiger partial charge in [-0.2, -0.15) is 0 Å². The van der Waals surface area contributed by atoms with Crippen molar-refractivity contribution in [2.24, 2.45) is 4.99 Å². The first-order chi connectivity index (χ1) is 17.2. The molecule has 3 aromatic rings. The summed E-state index contributed by atoms with van der Waals surface area (Å²) in [5.74, 6) is -1.66. The normalized spacial score (nSPS) is 14.7. The maximum atomic E-state index is 13.3. The molecule has 0 radical (unpaired) electrons. The van der Waals surface area contributed by atoms with Crippen LogP contribution in [0.2, 0.25) is 0 Å². The van der Waals surface area contributed by atoms with Crippen LogP contribution in [0.1, 0.15) is 11.1 Å². The van der Waals surface area contributed by atoms with Gasteiger partial charge in [-0.3, -0.25) is 14.5 Å². The highest BCUT2D eigenvalue weighted by atomic mass is 32.2. The van der Waals surface area contributed by atoms with Crippen LogP contribution in [-0.2, 0) is 9.59 Å². The molecule has 0 aromatic heterocycles. The van der Waals surface area contributed by atoms with Gasteiger partial charge in [-0.25, -0.2) is 4.99 Å². The first-order valence-corrected chi connectivity index (χ1v) is 11.7. The van der Waals surface area contributed by atoms with Gasteiger partial charge in [-0.15, -0.1) is 13.2 Å².